The molecule has 7 nitrogen and oxygen atoms in total. The van der Waals surface area contributed by atoms with Gasteiger partial charge in [-0.15, -0.1) is 10.2 Å². The number of thioether (sulfide) groups is 1. The van der Waals surface area contributed by atoms with Gasteiger partial charge >= 0.3 is 0 Å². The largest absolute Gasteiger partial charge is 0.508 e. The van der Waals surface area contributed by atoms with Gasteiger partial charge in [-0.3, -0.25) is 9.36 Å². The van der Waals surface area contributed by atoms with Gasteiger partial charge in [0.15, 0.2) is 11.0 Å². The van der Waals surface area contributed by atoms with Crippen molar-refractivity contribution in [2.24, 2.45) is 5.10 Å². The Morgan fingerprint density at radius 3 is 2.52 bits per heavy atom. The fraction of sp³-hybridized carbons (Fsp3) is 0.120. The molecule has 0 atom stereocenters. The first kappa shape index (κ1) is 22.3. The Morgan fingerprint density at radius 2 is 1.79 bits per heavy atom. The van der Waals surface area contributed by atoms with E-state index in [0.29, 0.717) is 16.7 Å². The topological polar surface area (TPSA) is 92.4 Å². The van der Waals surface area contributed by atoms with Crippen LogP contribution >= 0.6 is 11.8 Å². The van der Waals surface area contributed by atoms with Crippen molar-refractivity contribution in [1.82, 2.24) is 20.2 Å². The summed E-state index contributed by atoms with van der Waals surface area (Å²) >= 11 is 1.29. The first-order valence-corrected chi connectivity index (χ1v) is 11.3. The molecule has 0 saturated heterocycles. The normalized spacial score (nSPS) is 11.4. The highest BCUT2D eigenvalue weighted by atomic mass is 32.2. The molecule has 0 aliphatic carbocycles. The third kappa shape index (κ3) is 5.48. The van der Waals surface area contributed by atoms with Gasteiger partial charge in [-0.1, -0.05) is 71.9 Å². The fourth-order valence-corrected chi connectivity index (χ4v) is 3.91. The predicted molar refractivity (Wildman–Crippen MR) is 131 cm³/mol. The van der Waals surface area contributed by atoms with E-state index >= 15 is 0 Å². The molecule has 4 aromatic rings. The van der Waals surface area contributed by atoms with Crippen LogP contribution in [0, 0.1) is 6.92 Å². The van der Waals surface area contributed by atoms with E-state index in [1.54, 1.807) is 25.1 Å². The molecular formula is C25H23N5O2S. The predicted octanol–water partition coefficient (Wildman–Crippen LogP) is 4.58. The number of amides is 1. The summed E-state index contributed by atoms with van der Waals surface area (Å²) in [7, 11) is 0. The second-order valence-corrected chi connectivity index (χ2v) is 8.36. The van der Waals surface area contributed by atoms with E-state index in [1.807, 2.05) is 72.2 Å². The molecule has 1 heterocycles. The minimum atomic E-state index is -0.265. The molecule has 0 aliphatic heterocycles. The van der Waals surface area contributed by atoms with Crippen LogP contribution in [0.3, 0.4) is 0 Å². The van der Waals surface area contributed by atoms with E-state index in [-0.39, 0.29) is 17.4 Å². The van der Waals surface area contributed by atoms with Crippen molar-refractivity contribution >= 4 is 23.4 Å². The maximum Gasteiger partial charge on any atom is 0.250 e. The van der Waals surface area contributed by atoms with Crippen LogP contribution in [0.25, 0.3) is 17.1 Å². The zero-order valence-corrected chi connectivity index (χ0v) is 19.1. The smallest absolute Gasteiger partial charge is 0.250 e. The first-order chi connectivity index (χ1) is 16.0. The fourth-order valence-electron chi connectivity index (χ4n) is 3.17. The molecule has 0 radical (unpaired) electrons. The van der Waals surface area contributed by atoms with E-state index in [1.165, 1.54) is 11.8 Å². The van der Waals surface area contributed by atoms with E-state index in [0.717, 1.165) is 22.4 Å². The highest BCUT2D eigenvalue weighted by molar-refractivity contribution is 7.99. The Morgan fingerprint density at radius 1 is 1.03 bits per heavy atom. The molecule has 0 bridgehead atoms. The number of aromatic hydroxyl groups is 1. The summed E-state index contributed by atoms with van der Waals surface area (Å²) in [5.74, 6) is 0.713. The van der Waals surface area contributed by atoms with Gasteiger partial charge in [-0.25, -0.2) is 5.43 Å². The van der Waals surface area contributed by atoms with E-state index < -0.39 is 0 Å². The van der Waals surface area contributed by atoms with Crippen molar-refractivity contribution < 1.29 is 9.90 Å². The Labute approximate surface area is 196 Å². The van der Waals surface area contributed by atoms with Crippen molar-refractivity contribution in [3.63, 3.8) is 0 Å². The van der Waals surface area contributed by atoms with Gasteiger partial charge in [0, 0.05) is 16.8 Å². The summed E-state index contributed by atoms with van der Waals surface area (Å²) in [5.41, 5.74) is 6.91. The van der Waals surface area contributed by atoms with Gasteiger partial charge in [0.2, 0.25) is 0 Å². The molecule has 166 valence electrons. The summed E-state index contributed by atoms with van der Waals surface area (Å²) in [6.07, 6.45) is 0. The third-order valence-corrected chi connectivity index (χ3v) is 5.83. The number of hydrogen-bond donors (Lipinski definition) is 2. The van der Waals surface area contributed by atoms with Gasteiger partial charge in [-0.05, 0) is 38.1 Å². The van der Waals surface area contributed by atoms with Crippen molar-refractivity contribution in [2.75, 3.05) is 5.75 Å². The number of hydrazone groups is 1. The van der Waals surface area contributed by atoms with Crippen LogP contribution in [0.5, 0.6) is 5.75 Å². The molecule has 1 aromatic heterocycles. The Hall–Kier alpha value is -3.91. The number of aromatic nitrogens is 3. The summed E-state index contributed by atoms with van der Waals surface area (Å²) < 4.78 is 1.95. The van der Waals surface area contributed by atoms with E-state index in [4.69, 9.17) is 0 Å². The monoisotopic (exact) mass is 457 g/mol. The number of phenols is 1. The molecule has 0 aliphatic rings. The molecule has 3 aromatic carbocycles. The van der Waals surface area contributed by atoms with Crippen LogP contribution in [0.1, 0.15) is 18.1 Å². The standard InChI is InChI=1S/C25H23N5O2S/c1-17-11-13-19(14-12-17)24-28-29-25(30(24)21-8-4-3-5-9-21)33-16-23(32)27-26-18(2)20-7-6-10-22(31)15-20/h3-15,31H,16H2,1-2H3,(H,27,32)/b26-18-. The number of benzene rings is 3. The number of carbonyl (C=O) groups is 1. The second-order valence-electron chi connectivity index (χ2n) is 7.41. The lowest BCUT2D eigenvalue weighted by Gasteiger charge is -2.10. The lowest BCUT2D eigenvalue weighted by atomic mass is 10.1. The number of nitrogens with zero attached hydrogens (tertiary/aromatic N) is 4. The Bertz CT molecular complexity index is 1280. The summed E-state index contributed by atoms with van der Waals surface area (Å²) in [4.78, 5) is 12.4. The van der Waals surface area contributed by atoms with Crippen LogP contribution in [0.2, 0.25) is 0 Å². The first-order valence-electron chi connectivity index (χ1n) is 10.3. The number of hydrogen-bond acceptors (Lipinski definition) is 6. The van der Waals surface area contributed by atoms with Crippen LogP contribution in [0.15, 0.2) is 89.1 Å². The van der Waals surface area contributed by atoms with Crippen molar-refractivity contribution in [3.05, 3.63) is 90.0 Å². The van der Waals surface area contributed by atoms with Crippen molar-refractivity contribution in [3.8, 4) is 22.8 Å². The molecule has 0 saturated carbocycles. The summed E-state index contributed by atoms with van der Waals surface area (Å²) in [6, 6.07) is 24.6. The number of rotatable bonds is 7. The van der Waals surface area contributed by atoms with Gasteiger partial charge in [-0.2, -0.15) is 5.10 Å². The lowest BCUT2D eigenvalue weighted by molar-refractivity contribution is -0.118. The van der Waals surface area contributed by atoms with Crippen LogP contribution in [-0.2, 0) is 4.79 Å². The molecule has 0 unspecified atom stereocenters. The average molecular weight is 458 g/mol. The maximum atomic E-state index is 12.4. The molecule has 2 N–H and O–H groups in total. The molecular weight excluding hydrogens is 434 g/mol. The average Bonchev–Trinajstić information content (AvgIpc) is 3.26. The SMILES string of the molecule is C/C(=N/NC(=O)CSc1nnc(-c2ccc(C)cc2)n1-c1ccccc1)c1cccc(O)c1. The van der Waals surface area contributed by atoms with Crippen molar-refractivity contribution in [1.29, 1.82) is 0 Å². The van der Waals surface area contributed by atoms with Gasteiger partial charge in [0.1, 0.15) is 5.75 Å². The van der Waals surface area contributed by atoms with Gasteiger partial charge < -0.3 is 5.11 Å². The number of nitrogens with one attached hydrogen (secondary N) is 1. The van der Waals surface area contributed by atoms with Crippen molar-refractivity contribution in [2.45, 2.75) is 19.0 Å². The minimum absolute atomic E-state index is 0.121. The summed E-state index contributed by atoms with van der Waals surface area (Å²) in [5, 5.41) is 23.1. The molecule has 8 heteroatoms. The lowest BCUT2D eigenvalue weighted by Crippen LogP contribution is -2.21. The van der Waals surface area contributed by atoms with Crippen LogP contribution in [-0.4, -0.2) is 37.2 Å². The maximum absolute atomic E-state index is 12.4. The second kappa shape index (κ2) is 10.1. The highest BCUT2D eigenvalue weighted by Gasteiger charge is 2.17. The van der Waals surface area contributed by atoms with E-state index in [2.05, 4.69) is 20.7 Å². The minimum Gasteiger partial charge on any atom is -0.508 e. The molecule has 4 rings (SSSR count). The number of para-hydroxylation sites is 1. The Kier molecular flexibility index (Phi) is 6.85. The van der Waals surface area contributed by atoms with Gasteiger partial charge in [0.25, 0.3) is 5.91 Å². The number of phenolic OH excluding ortho intramolecular Hbond substituents is 1. The molecule has 0 fully saturated rings. The van der Waals surface area contributed by atoms with Crippen LogP contribution in [0.4, 0.5) is 0 Å². The molecule has 33 heavy (non-hydrogen) atoms. The third-order valence-electron chi connectivity index (χ3n) is 4.90. The molecule has 1 amide bonds. The highest BCUT2D eigenvalue weighted by Crippen LogP contribution is 2.28. The number of aryl methyl sites for hydroxylation is 1. The Balaban J connectivity index is 1.51. The molecule has 0 spiro atoms. The summed E-state index contributed by atoms with van der Waals surface area (Å²) in [6.45, 7) is 3.80. The zero-order valence-electron chi connectivity index (χ0n) is 18.3. The van der Waals surface area contributed by atoms with E-state index in [9.17, 15) is 9.90 Å². The quantitative estimate of drug-likeness (QED) is 0.241. The van der Waals surface area contributed by atoms with Crippen LogP contribution < -0.4 is 5.43 Å². The zero-order chi connectivity index (χ0) is 23.2. The van der Waals surface area contributed by atoms with Gasteiger partial charge in [0.05, 0.1) is 11.5 Å². The number of carbonyl (C=O) groups excluding carboxylic acids is 1.